The number of unbranched alkanes of at least 4 members (excludes halogenated alkanes) is 13. The molecule has 0 aromatic heterocycles. The van der Waals surface area contributed by atoms with Crippen molar-refractivity contribution in [1.82, 2.24) is 6.15 Å². The van der Waals surface area contributed by atoms with Crippen LogP contribution in [0.15, 0.2) is 0 Å². The quantitative estimate of drug-likeness (QED) is 0.0767. The van der Waals surface area contributed by atoms with Gasteiger partial charge in [-0.25, -0.2) is 0 Å². The predicted octanol–water partition coefficient (Wildman–Crippen LogP) is 11.7. The summed E-state index contributed by atoms with van der Waals surface area (Å²) in [5.41, 5.74) is -2.30. The number of thiol groups is 1. The number of hydrogen-bond donors (Lipinski definition) is 2. The van der Waals surface area contributed by atoms with Gasteiger partial charge in [0, 0.05) is 0 Å². The topological polar surface area (TPSA) is 53.5 Å². The van der Waals surface area contributed by atoms with Crippen LogP contribution in [0.25, 0.3) is 0 Å². The Morgan fingerprint density at radius 2 is 0.853 bits per heavy atom. The summed E-state index contributed by atoms with van der Waals surface area (Å²) in [5, 5.41) is 0. The average Bonchev–Trinajstić information content (AvgIpc) is 2.75. The minimum atomic E-state index is -2.30. The zero-order valence-electron chi connectivity index (χ0n) is 24.1. The fraction of sp³-hybridized carbons (Fsp3) is 1.00. The van der Waals surface area contributed by atoms with Gasteiger partial charge in [-0.2, -0.15) is 0 Å². The van der Waals surface area contributed by atoms with Crippen molar-refractivity contribution in [3.8, 4) is 0 Å². The van der Waals surface area contributed by atoms with Gasteiger partial charge in [0.25, 0.3) is 0 Å². The van der Waals surface area contributed by atoms with E-state index in [1.807, 2.05) is 0 Å². The first-order valence-corrected chi connectivity index (χ1v) is 18.2. The van der Waals surface area contributed by atoms with E-state index >= 15 is 0 Å². The van der Waals surface area contributed by atoms with Gasteiger partial charge in [0.1, 0.15) is 0 Å². The van der Waals surface area contributed by atoms with Crippen LogP contribution >= 0.6 is 17.9 Å². The Hall–Kier alpha value is 0.880. The molecule has 0 radical (unpaired) electrons. The summed E-state index contributed by atoms with van der Waals surface area (Å²) in [5.74, 6) is 1.58. The van der Waals surface area contributed by atoms with Crippen LogP contribution in [-0.4, -0.2) is 13.2 Å². The van der Waals surface area contributed by atoms with Crippen molar-refractivity contribution in [3.63, 3.8) is 0 Å². The van der Waals surface area contributed by atoms with Crippen LogP contribution in [0.3, 0.4) is 0 Å². The highest BCUT2D eigenvalue weighted by Crippen LogP contribution is 2.53. The van der Waals surface area contributed by atoms with Crippen LogP contribution in [0.5, 0.6) is 0 Å². The highest BCUT2D eigenvalue weighted by atomic mass is 32.9. The second-order valence-corrected chi connectivity index (χ2v) is 15.7. The first-order valence-electron chi connectivity index (χ1n) is 14.4. The van der Waals surface area contributed by atoms with Gasteiger partial charge in [-0.05, 0) is 36.5 Å². The lowest BCUT2D eigenvalue weighted by Crippen LogP contribution is -1.97. The zero-order valence-corrected chi connectivity index (χ0v) is 26.7. The van der Waals surface area contributed by atoms with E-state index in [-0.39, 0.29) is 6.15 Å². The second kappa shape index (κ2) is 30.1. The van der Waals surface area contributed by atoms with E-state index in [0.717, 1.165) is 24.7 Å². The SMILES string of the molecule is CC(C)CCCCCOP(=S)(S)OCCCCCC(C)C.CCCCCCCCCCCC.N. The number of rotatable bonds is 23. The predicted molar refractivity (Wildman–Crippen MR) is 164 cm³/mol. The first kappa shape index (κ1) is 39.4. The van der Waals surface area contributed by atoms with Crippen molar-refractivity contribution in [1.29, 1.82) is 0 Å². The van der Waals surface area contributed by atoms with E-state index in [1.54, 1.807) is 0 Å². The van der Waals surface area contributed by atoms with Crippen molar-refractivity contribution < 1.29 is 9.05 Å². The van der Waals surface area contributed by atoms with Crippen LogP contribution < -0.4 is 6.15 Å². The van der Waals surface area contributed by atoms with Crippen molar-refractivity contribution in [3.05, 3.63) is 0 Å². The minimum absolute atomic E-state index is 0. The third kappa shape index (κ3) is 37.4. The summed E-state index contributed by atoms with van der Waals surface area (Å²) < 4.78 is 11.3. The van der Waals surface area contributed by atoms with Crippen molar-refractivity contribution in [2.24, 2.45) is 11.8 Å². The molecular weight excluding hydrogens is 477 g/mol. The van der Waals surface area contributed by atoms with E-state index in [1.165, 1.54) is 103 Å². The Balaban J connectivity index is -0.000000632. The lowest BCUT2D eigenvalue weighted by Gasteiger charge is -2.16. The molecule has 0 aromatic carbocycles. The molecule has 0 atom stereocenters. The lowest BCUT2D eigenvalue weighted by atomic mass is 10.1. The Kier molecular flexibility index (Phi) is 34.9. The zero-order chi connectivity index (χ0) is 25.2. The van der Waals surface area contributed by atoms with Gasteiger partial charge in [0.2, 0.25) is 5.69 Å². The summed E-state index contributed by atoms with van der Waals surface area (Å²) >= 11 is 9.70. The van der Waals surface area contributed by atoms with Crippen molar-refractivity contribution >= 4 is 29.7 Å². The Morgan fingerprint density at radius 3 is 1.15 bits per heavy atom. The molecule has 0 fully saturated rings. The number of hydrogen-bond acceptors (Lipinski definition) is 4. The fourth-order valence-corrected chi connectivity index (χ4v) is 5.35. The van der Waals surface area contributed by atoms with Gasteiger partial charge in [0.15, 0.2) is 0 Å². The molecule has 0 heterocycles. The van der Waals surface area contributed by atoms with E-state index in [4.69, 9.17) is 20.9 Å². The van der Waals surface area contributed by atoms with Gasteiger partial charge >= 0.3 is 0 Å². The van der Waals surface area contributed by atoms with Crippen molar-refractivity contribution in [2.75, 3.05) is 13.2 Å². The van der Waals surface area contributed by atoms with Gasteiger partial charge < -0.3 is 15.2 Å². The molecule has 6 heteroatoms. The van der Waals surface area contributed by atoms with Crippen LogP contribution in [-0.2, 0) is 20.9 Å². The summed E-state index contributed by atoms with van der Waals surface area (Å²) in [6.07, 6.45) is 24.1. The van der Waals surface area contributed by atoms with Gasteiger partial charge in [-0.1, -0.05) is 157 Å². The van der Waals surface area contributed by atoms with Crippen LogP contribution in [0.1, 0.15) is 157 Å². The third-order valence-corrected chi connectivity index (χ3v) is 8.16. The van der Waals surface area contributed by atoms with Crippen molar-refractivity contribution in [2.45, 2.75) is 157 Å². The highest BCUT2D eigenvalue weighted by Gasteiger charge is 2.12. The standard InChI is InChI=1S/C16H35O2PS2.C12H26.H3N/c1-15(2)11-7-5-9-13-17-19(20,21)18-14-10-6-8-12-16(3)4;1-3-5-7-9-11-12-10-8-6-4-2;/h15-16H,5-14H2,1-4H3,(H,20,21);3-12H2,1-2H3;1H3. The molecule has 0 aromatic rings. The third-order valence-electron chi connectivity index (χ3n) is 5.82. The molecule has 3 N–H and O–H groups in total. The van der Waals surface area contributed by atoms with E-state index < -0.39 is 5.69 Å². The lowest BCUT2D eigenvalue weighted by molar-refractivity contribution is 0.249. The van der Waals surface area contributed by atoms with Crippen LogP contribution in [0.4, 0.5) is 0 Å². The maximum Gasteiger partial charge on any atom is 0.244 e. The molecule has 0 bridgehead atoms. The molecule has 0 aliphatic rings. The summed E-state index contributed by atoms with van der Waals surface area (Å²) in [6, 6.07) is 0. The van der Waals surface area contributed by atoms with Gasteiger partial charge in [0.05, 0.1) is 13.2 Å². The molecule has 0 aliphatic carbocycles. The highest BCUT2D eigenvalue weighted by molar-refractivity contribution is 8.60. The van der Waals surface area contributed by atoms with E-state index in [0.29, 0.717) is 13.2 Å². The van der Waals surface area contributed by atoms with Crippen LogP contribution in [0, 0.1) is 11.8 Å². The Bertz CT molecular complexity index is 389. The molecule has 0 rings (SSSR count). The fourth-order valence-electron chi connectivity index (χ4n) is 3.62. The van der Waals surface area contributed by atoms with Gasteiger partial charge in [-0.3, -0.25) is 0 Å². The van der Waals surface area contributed by atoms with Crippen LogP contribution in [0.2, 0.25) is 0 Å². The largest absolute Gasteiger partial charge is 0.344 e. The molecular formula is C28H64NO2PS2. The average molecular weight is 542 g/mol. The molecule has 0 saturated carbocycles. The monoisotopic (exact) mass is 541 g/mol. The molecule has 3 nitrogen and oxygen atoms in total. The van der Waals surface area contributed by atoms with E-state index in [9.17, 15) is 0 Å². The van der Waals surface area contributed by atoms with Gasteiger partial charge in [-0.15, -0.1) is 0 Å². The summed E-state index contributed by atoms with van der Waals surface area (Å²) in [4.78, 5) is 0. The normalized spacial score (nSPS) is 11.4. The molecule has 0 saturated heterocycles. The molecule has 0 spiro atoms. The smallest absolute Gasteiger partial charge is 0.244 e. The minimum Gasteiger partial charge on any atom is -0.344 e. The Labute approximate surface area is 226 Å². The molecule has 0 aliphatic heterocycles. The molecule has 210 valence electrons. The Morgan fingerprint density at radius 1 is 0.559 bits per heavy atom. The van der Waals surface area contributed by atoms with E-state index in [2.05, 4.69) is 53.8 Å². The maximum atomic E-state index is 5.65. The second-order valence-electron chi connectivity index (χ2n) is 10.4. The molecule has 0 amide bonds. The molecule has 34 heavy (non-hydrogen) atoms. The molecule has 0 unspecified atom stereocenters. The first-order chi connectivity index (χ1) is 15.7. The maximum absolute atomic E-state index is 5.65. The summed E-state index contributed by atoms with van der Waals surface area (Å²) in [7, 11) is 0. The summed E-state index contributed by atoms with van der Waals surface area (Å²) in [6.45, 7) is 15.0.